The number of aromatic nitrogens is 7. The molecule has 1 fully saturated rings. The van der Waals surface area contributed by atoms with Gasteiger partial charge in [-0.2, -0.15) is 5.10 Å². The highest BCUT2D eigenvalue weighted by molar-refractivity contribution is 6.29. The lowest BCUT2D eigenvalue weighted by atomic mass is 9.95. The van der Waals surface area contributed by atoms with Crippen molar-refractivity contribution < 1.29 is 4.79 Å². The maximum absolute atomic E-state index is 13.8. The average Bonchev–Trinajstić information content (AvgIpc) is 3.60. The van der Waals surface area contributed by atoms with Crippen LogP contribution in [-0.4, -0.2) is 58.0 Å². The van der Waals surface area contributed by atoms with Gasteiger partial charge in [0.25, 0.3) is 5.56 Å². The van der Waals surface area contributed by atoms with E-state index in [-0.39, 0.29) is 23.6 Å². The zero-order chi connectivity index (χ0) is 29.7. The van der Waals surface area contributed by atoms with Crippen molar-refractivity contribution in [3.05, 3.63) is 63.4 Å². The predicted molar refractivity (Wildman–Crippen MR) is 164 cm³/mol. The molecule has 11 nitrogen and oxygen atoms in total. The van der Waals surface area contributed by atoms with E-state index < -0.39 is 0 Å². The Morgan fingerprint density at radius 2 is 1.93 bits per heavy atom. The zero-order valence-corrected chi connectivity index (χ0v) is 25.2. The van der Waals surface area contributed by atoms with Crippen molar-refractivity contribution in [2.75, 3.05) is 18.4 Å². The van der Waals surface area contributed by atoms with E-state index in [0.29, 0.717) is 47.3 Å². The van der Waals surface area contributed by atoms with Crippen LogP contribution >= 0.6 is 11.6 Å². The number of anilines is 1. The molecule has 0 spiro atoms. The Morgan fingerprint density at radius 1 is 1.17 bits per heavy atom. The Hall–Kier alpha value is -4.25. The normalized spacial score (nSPS) is 15.0. The number of carbonyl (C=O) groups excluding carboxylic acids is 1. The number of piperidine rings is 1. The molecule has 0 saturated carbocycles. The molecule has 5 heterocycles. The number of pyridine rings is 2. The summed E-state index contributed by atoms with van der Waals surface area (Å²) in [6.45, 7) is 9.57. The first-order chi connectivity index (χ1) is 20.1. The molecule has 1 aromatic carbocycles. The Kier molecular flexibility index (Phi) is 7.22. The van der Waals surface area contributed by atoms with Gasteiger partial charge in [-0.1, -0.05) is 17.7 Å². The molecular weight excluding hydrogens is 554 g/mol. The van der Waals surface area contributed by atoms with Gasteiger partial charge in [0, 0.05) is 62.0 Å². The lowest BCUT2D eigenvalue weighted by Gasteiger charge is -2.31. The maximum atomic E-state index is 13.8. The van der Waals surface area contributed by atoms with E-state index in [2.05, 4.69) is 39.6 Å². The molecule has 0 bridgehead atoms. The molecule has 1 unspecified atom stereocenters. The third-order valence-corrected chi connectivity index (χ3v) is 8.35. The van der Waals surface area contributed by atoms with Crippen molar-refractivity contribution in [1.29, 1.82) is 0 Å². The molecular formula is C30H34ClN9O2. The summed E-state index contributed by atoms with van der Waals surface area (Å²) < 4.78 is 5.38. The first-order valence-electron chi connectivity index (χ1n) is 14.2. The van der Waals surface area contributed by atoms with Crippen molar-refractivity contribution in [3.8, 4) is 11.5 Å². The van der Waals surface area contributed by atoms with Crippen LogP contribution in [0.2, 0.25) is 5.15 Å². The van der Waals surface area contributed by atoms with E-state index in [1.807, 2.05) is 35.6 Å². The van der Waals surface area contributed by atoms with E-state index in [1.54, 1.807) is 35.6 Å². The molecule has 12 heteroatoms. The highest BCUT2D eigenvalue weighted by Crippen LogP contribution is 2.35. The largest absolute Gasteiger partial charge is 0.377 e. The average molecular weight is 588 g/mol. The van der Waals surface area contributed by atoms with Gasteiger partial charge in [0.2, 0.25) is 11.7 Å². The fraction of sp³-hybridized carbons (Fsp3) is 0.400. The number of fused-ring (bicyclic) bond motifs is 3. The molecule has 1 aliphatic rings. The Bertz CT molecular complexity index is 1880. The third-order valence-electron chi connectivity index (χ3n) is 8.14. The Balaban J connectivity index is 1.47. The number of aryl methyl sites for hydroxylation is 3. The number of rotatable bonds is 6. The second-order valence-electron chi connectivity index (χ2n) is 11.0. The van der Waals surface area contributed by atoms with Crippen molar-refractivity contribution in [2.24, 2.45) is 7.05 Å². The van der Waals surface area contributed by atoms with Gasteiger partial charge in [0.1, 0.15) is 17.2 Å². The van der Waals surface area contributed by atoms with Gasteiger partial charge in [-0.3, -0.25) is 23.5 Å². The maximum Gasteiger partial charge on any atom is 0.260 e. The van der Waals surface area contributed by atoms with Gasteiger partial charge in [-0.15, -0.1) is 5.10 Å². The van der Waals surface area contributed by atoms with E-state index in [0.717, 1.165) is 40.4 Å². The molecule has 1 saturated heterocycles. The summed E-state index contributed by atoms with van der Waals surface area (Å²) in [6.07, 6.45) is 5.34. The van der Waals surface area contributed by atoms with Crippen LogP contribution in [0.5, 0.6) is 0 Å². The summed E-state index contributed by atoms with van der Waals surface area (Å²) in [5.74, 6) is 0.568. The minimum absolute atomic E-state index is 0.0552. The Morgan fingerprint density at radius 3 is 2.60 bits per heavy atom. The van der Waals surface area contributed by atoms with Gasteiger partial charge in [0.05, 0.1) is 11.7 Å². The molecule has 218 valence electrons. The fourth-order valence-electron chi connectivity index (χ4n) is 6.03. The number of carbonyl (C=O) groups is 1. The molecule has 0 radical (unpaired) electrons. The number of hydrogen-bond acceptors (Lipinski definition) is 7. The third kappa shape index (κ3) is 4.91. The van der Waals surface area contributed by atoms with E-state index in [9.17, 15) is 9.59 Å². The number of halogens is 1. The van der Waals surface area contributed by atoms with Crippen LogP contribution < -0.4 is 10.9 Å². The predicted octanol–water partition coefficient (Wildman–Crippen LogP) is 4.88. The van der Waals surface area contributed by atoms with Crippen LogP contribution in [0.3, 0.4) is 0 Å². The van der Waals surface area contributed by atoms with E-state index in [4.69, 9.17) is 16.7 Å². The van der Waals surface area contributed by atoms with Crippen molar-refractivity contribution in [3.63, 3.8) is 0 Å². The molecule has 42 heavy (non-hydrogen) atoms. The second-order valence-corrected chi connectivity index (χ2v) is 11.4. The molecule has 1 amide bonds. The SMILES string of the molecule is CCn1c(=O)c2cc(C)cc(C(C)Nc3ccc(Cl)nc3-c3ncn(C)n3)c2c2cn(C3CCN(C(C)=O)CC3)nc21. The van der Waals surface area contributed by atoms with Crippen LogP contribution in [-0.2, 0) is 18.4 Å². The molecule has 5 aromatic rings. The van der Waals surface area contributed by atoms with E-state index >= 15 is 0 Å². The van der Waals surface area contributed by atoms with Crippen LogP contribution in [0, 0.1) is 6.92 Å². The smallest absolute Gasteiger partial charge is 0.260 e. The van der Waals surface area contributed by atoms with Crippen LogP contribution in [0.4, 0.5) is 5.69 Å². The van der Waals surface area contributed by atoms with Crippen molar-refractivity contribution in [2.45, 2.75) is 59.2 Å². The van der Waals surface area contributed by atoms with Crippen LogP contribution in [0.15, 0.2) is 41.6 Å². The topological polar surface area (TPSA) is 116 Å². The zero-order valence-electron chi connectivity index (χ0n) is 24.4. The lowest BCUT2D eigenvalue weighted by Crippen LogP contribution is -2.37. The highest BCUT2D eigenvalue weighted by Gasteiger charge is 2.26. The number of hydrogen-bond donors (Lipinski definition) is 1. The summed E-state index contributed by atoms with van der Waals surface area (Å²) in [5.41, 5.74) is 3.88. The second kappa shape index (κ2) is 10.9. The number of likely N-dealkylation sites (tertiary alicyclic amines) is 1. The quantitative estimate of drug-likeness (QED) is 0.281. The van der Waals surface area contributed by atoms with Crippen molar-refractivity contribution in [1.82, 2.24) is 39.0 Å². The fourth-order valence-corrected chi connectivity index (χ4v) is 6.18. The first kappa shape index (κ1) is 27.9. The lowest BCUT2D eigenvalue weighted by molar-refractivity contribution is -0.130. The minimum Gasteiger partial charge on any atom is -0.377 e. The summed E-state index contributed by atoms with van der Waals surface area (Å²) in [6, 6.07) is 7.65. The summed E-state index contributed by atoms with van der Waals surface area (Å²) in [5, 5.41) is 15.8. The van der Waals surface area contributed by atoms with E-state index in [1.165, 1.54) is 0 Å². The molecule has 4 aromatic heterocycles. The molecule has 1 aliphatic heterocycles. The number of nitrogens with zero attached hydrogens (tertiary/aromatic N) is 8. The van der Waals surface area contributed by atoms with Crippen LogP contribution in [0.25, 0.3) is 33.3 Å². The van der Waals surface area contributed by atoms with Gasteiger partial charge in [-0.05, 0) is 62.9 Å². The molecule has 1 N–H and O–H groups in total. The first-order valence-corrected chi connectivity index (χ1v) is 14.6. The van der Waals surface area contributed by atoms with Gasteiger partial charge >= 0.3 is 0 Å². The van der Waals surface area contributed by atoms with Gasteiger partial charge in [-0.25, -0.2) is 9.97 Å². The van der Waals surface area contributed by atoms with Crippen molar-refractivity contribution >= 4 is 45.0 Å². The Labute approximate surface area is 248 Å². The number of amides is 1. The van der Waals surface area contributed by atoms with Gasteiger partial charge in [0.15, 0.2) is 5.65 Å². The summed E-state index contributed by atoms with van der Waals surface area (Å²) in [4.78, 5) is 36.5. The van der Waals surface area contributed by atoms with Crippen LogP contribution in [0.1, 0.15) is 56.8 Å². The number of benzene rings is 1. The summed E-state index contributed by atoms with van der Waals surface area (Å²) >= 11 is 6.26. The summed E-state index contributed by atoms with van der Waals surface area (Å²) in [7, 11) is 1.80. The highest BCUT2D eigenvalue weighted by atomic mass is 35.5. The monoisotopic (exact) mass is 587 g/mol. The minimum atomic E-state index is -0.208. The molecule has 0 aliphatic carbocycles. The number of nitrogens with one attached hydrogen (secondary N) is 1. The standard InChI is InChI=1S/C30H34ClN9O2/c1-6-39-29-23(15-40(36-29)20-9-11-38(12-10-20)19(4)41)26-21(13-17(2)14-22(26)30(39)42)18(3)33-24-7-8-25(31)34-27(24)28-32-16-37(5)35-28/h7-8,13-16,18,20,33H,6,9-12H2,1-5H3. The molecule has 6 rings (SSSR count). The molecule has 1 atom stereocenters. The van der Waals surface area contributed by atoms with Gasteiger partial charge < -0.3 is 10.2 Å².